The Hall–Kier alpha value is -0.420. The van der Waals surface area contributed by atoms with Crippen molar-refractivity contribution in [3.05, 3.63) is 11.5 Å². The Kier molecular flexibility index (Phi) is 9.28. The molecule has 0 N–H and O–H groups in total. The number of esters is 1. The molecule has 0 aromatic rings. The summed E-state index contributed by atoms with van der Waals surface area (Å²) in [5, 5.41) is 0.249. The minimum atomic E-state index is -0.624. The van der Waals surface area contributed by atoms with Gasteiger partial charge in [-0.05, 0) is 18.9 Å². The third-order valence-electron chi connectivity index (χ3n) is 2.52. The van der Waals surface area contributed by atoms with E-state index in [2.05, 4.69) is 6.58 Å². The lowest BCUT2D eigenvalue weighted by Crippen LogP contribution is -2.29. The zero-order valence-electron chi connectivity index (χ0n) is 11.5. The molecule has 0 aliphatic carbocycles. The first-order valence-corrected chi connectivity index (χ1v) is 8.46. The van der Waals surface area contributed by atoms with Crippen molar-refractivity contribution < 1.29 is 14.3 Å². The molecule has 2 atom stereocenters. The van der Waals surface area contributed by atoms with Gasteiger partial charge in [-0.3, -0.25) is 4.79 Å². The molecule has 0 aromatic heterocycles. The summed E-state index contributed by atoms with van der Waals surface area (Å²) in [6.07, 6.45) is 4.92. The van der Waals surface area contributed by atoms with Crippen molar-refractivity contribution in [2.24, 2.45) is 0 Å². The molecule has 0 aliphatic rings. The summed E-state index contributed by atoms with van der Waals surface area (Å²) in [6, 6.07) is 0. The Balaban J connectivity index is 4.50. The van der Waals surface area contributed by atoms with Gasteiger partial charge < -0.3 is 4.74 Å². The summed E-state index contributed by atoms with van der Waals surface area (Å²) in [5.41, 5.74) is 0. The van der Waals surface area contributed by atoms with Crippen LogP contribution < -0.4 is 0 Å². The second kappa shape index (κ2) is 9.50. The summed E-state index contributed by atoms with van der Waals surface area (Å²) in [7, 11) is 0. The molecule has 0 saturated carbocycles. The van der Waals surface area contributed by atoms with E-state index in [1.165, 1.54) is 11.8 Å². The highest BCUT2D eigenvalue weighted by Gasteiger charge is 2.24. The molecule has 0 saturated heterocycles. The maximum absolute atomic E-state index is 12.0. The van der Waals surface area contributed by atoms with Gasteiger partial charge in [-0.2, -0.15) is 11.8 Å². The first-order valence-electron chi connectivity index (χ1n) is 5.95. The van der Waals surface area contributed by atoms with E-state index in [0.29, 0.717) is 17.7 Å². The molecule has 0 amide bonds. The van der Waals surface area contributed by atoms with Crippen LogP contribution in [0.5, 0.6) is 0 Å². The first kappa shape index (κ1) is 17.6. The second-order valence-corrected chi connectivity index (χ2v) is 6.20. The van der Waals surface area contributed by atoms with E-state index in [4.69, 9.17) is 4.74 Å². The number of hydrogen-bond donors (Lipinski definition) is 0. The molecular formula is C13H22O3S2. The quantitative estimate of drug-likeness (QED) is 0.481. The number of ether oxygens (including phenoxy) is 1. The van der Waals surface area contributed by atoms with Crippen LogP contribution in [0.3, 0.4) is 0 Å². The number of hydrogen-bond acceptors (Lipinski definition) is 5. The fraction of sp³-hybridized carbons (Fsp3) is 0.692. The van der Waals surface area contributed by atoms with E-state index in [1.807, 2.05) is 20.1 Å². The zero-order valence-corrected chi connectivity index (χ0v) is 13.2. The Labute approximate surface area is 118 Å². The van der Waals surface area contributed by atoms with Gasteiger partial charge in [-0.25, -0.2) is 4.79 Å². The maximum Gasteiger partial charge on any atom is 0.344 e. The van der Waals surface area contributed by atoms with Gasteiger partial charge in [0, 0.05) is 11.7 Å². The van der Waals surface area contributed by atoms with E-state index in [-0.39, 0.29) is 11.0 Å². The van der Waals surface area contributed by atoms with Gasteiger partial charge in [-0.1, -0.05) is 26.8 Å². The smallest absolute Gasteiger partial charge is 0.344 e. The summed E-state index contributed by atoms with van der Waals surface area (Å²) in [4.78, 5) is 24.0. The molecule has 18 heavy (non-hydrogen) atoms. The first-order chi connectivity index (χ1) is 8.46. The average molecular weight is 290 g/mol. The fourth-order valence-corrected chi connectivity index (χ4v) is 1.87. The fourth-order valence-electron chi connectivity index (χ4n) is 1.32. The number of rotatable bonds is 9. The van der Waals surface area contributed by atoms with Crippen molar-refractivity contribution in [3.63, 3.8) is 0 Å². The molecule has 0 rings (SSSR count). The molecular weight excluding hydrogens is 268 g/mol. The van der Waals surface area contributed by atoms with Crippen molar-refractivity contribution in [2.75, 3.05) is 12.5 Å². The van der Waals surface area contributed by atoms with E-state index >= 15 is 0 Å². The predicted molar refractivity (Wildman–Crippen MR) is 80.0 cm³/mol. The molecule has 0 heterocycles. The van der Waals surface area contributed by atoms with Crippen molar-refractivity contribution in [2.45, 2.75) is 44.5 Å². The Morgan fingerprint density at radius 3 is 2.39 bits per heavy atom. The highest BCUT2D eigenvalue weighted by molar-refractivity contribution is 8.03. The van der Waals surface area contributed by atoms with Crippen molar-refractivity contribution in [1.82, 2.24) is 0 Å². The molecule has 104 valence electrons. The van der Waals surface area contributed by atoms with Gasteiger partial charge in [0.05, 0.1) is 4.91 Å². The largest absolute Gasteiger partial charge is 0.450 e. The maximum atomic E-state index is 12.0. The Morgan fingerprint density at radius 2 is 1.94 bits per heavy atom. The van der Waals surface area contributed by atoms with Crippen LogP contribution in [-0.4, -0.2) is 35.6 Å². The topological polar surface area (TPSA) is 43.4 Å². The molecule has 0 spiro atoms. The highest BCUT2D eigenvalue weighted by atomic mass is 32.2. The number of Topliss-reactive ketones (excluding diaryl/α,β-unsaturated/α-hetero) is 1. The molecule has 0 fully saturated rings. The van der Waals surface area contributed by atoms with Crippen LogP contribution in [0.25, 0.3) is 0 Å². The minimum absolute atomic E-state index is 0.000882. The van der Waals surface area contributed by atoms with Crippen LogP contribution in [0.1, 0.15) is 33.1 Å². The lowest BCUT2D eigenvalue weighted by Gasteiger charge is -2.18. The molecule has 0 bridgehead atoms. The average Bonchev–Trinajstić information content (AvgIpc) is 2.36. The van der Waals surface area contributed by atoms with E-state index in [9.17, 15) is 9.59 Å². The summed E-state index contributed by atoms with van der Waals surface area (Å²) in [6.45, 7) is 7.56. The van der Waals surface area contributed by atoms with Crippen LogP contribution in [0.15, 0.2) is 11.5 Å². The molecule has 5 heteroatoms. The lowest BCUT2D eigenvalue weighted by molar-refractivity contribution is -0.151. The molecule has 0 aromatic carbocycles. The third-order valence-corrected chi connectivity index (χ3v) is 4.16. The highest BCUT2D eigenvalue weighted by Crippen LogP contribution is 2.17. The van der Waals surface area contributed by atoms with E-state index < -0.39 is 12.1 Å². The van der Waals surface area contributed by atoms with E-state index in [1.54, 1.807) is 18.0 Å². The molecule has 2 unspecified atom stereocenters. The normalized spacial score (nSPS) is 13.8. The second-order valence-electron chi connectivity index (χ2n) is 4.03. The number of thioether (sulfide) groups is 2. The summed E-state index contributed by atoms with van der Waals surface area (Å²) < 4.78 is 5.23. The van der Waals surface area contributed by atoms with Crippen LogP contribution in [0.4, 0.5) is 0 Å². The number of carbonyl (C=O) groups is 2. The summed E-state index contributed by atoms with van der Waals surface area (Å²) >= 11 is 2.87. The molecule has 0 aliphatic heterocycles. The standard InChI is InChI=1S/C13H22O3S2/c1-6-7-12(11(14)8-9(2)17-4)16-13(15)10(3)18-5/h9,12H,3,6-8H2,1-2,4-5H3. The van der Waals surface area contributed by atoms with Gasteiger partial charge in [0.25, 0.3) is 0 Å². The van der Waals surface area contributed by atoms with Crippen LogP contribution in [0, 0.1) is 0 Å². The number of carbonyl (C=O) groups excluding carboxylic acids is 2. The Bertz CT molecular complexity index is 303. The predicted octanol–water partition coefficient (Wildman–Crippen LogP) is 3.29. The van der Waals surface area contributed by atoms with Crippen LogP contribution >= 0.6 is 23.5 Å². The zero-order chi connectivity index (χ0) is 14.1. The van der Waals surface area contributed by atoms with Crippen molar-refractivity contribution in [3.8, 4) is 0 Å². The number of ketones is 1. The summed E-state index contributed by atoms with van der Waals surface area (Å²) in [5.74, 6) is -0.480. The van der Waals surface area contributed by atoms with Gasteiger partial charge >= 0.3 is 5.97 Å². The SMILES string of the molecule is C=C(SC)C(=O)OC(CCC)C(=O)CC(C)SC. The molecule has 0 radical (unpaired) electrons. The van der Waals surface area contributed by atoms with Gasteiger partial charge in [0.15, 0.2) is 11.9 Å². The molecule has 3 nitrogen and oxygen atoms in total. The third kappa shape index (κ3) is 6.50. The van der Waals surface area contributed by atoms with Crippen LogP contribution in [-0.2, 0) is 14.3 Å². The van der Waals surface area contributed by atoms with Crippen LogP contribution in [0.2, 0.25) is 0 Å². The van der Waals surface area contributed by atoms with E-state index in [0.717, 1.165) is 6.42 Å². The van der Waals surface area contributed by atoms with Crippen molar-refractivity contribution >= 4 is 35.3 Å². The lowest BCUT2D eigenvalue weighted by atomic mass is 10.1. The monoisotopic (exact) mass is 290 g/mol. The van der Waals surface area contributed by atoms with Gasteiger partial charge in [-0.15, -0.1) is 11.8 Å². The minimum Gasteiger partial charge on any atom is -0.450 e. The Morgan fingerprint density at radius 1 is 1.33 bits per heavy atom. The van der Waals surface area contributed by atoms with Gasteiger partial charge in [0.2, 0.25) is 0 Å². The van der Waals surface area contributed by atoms with Crippen molar-refractivity contribution in [1.29, 1.82) is 0 Å². The van der Waals surface area contributed by atoms with Gasteiger partial charge in [0.1, 0.15) is 0 Å².